The van der Waals surface area contributed by atoms with Gasteiger partial charge in [0.2, 0.25) is 0 Å². The minimum absolute atomic E-state index is 0.139. The molecule has 5 heteroatoms. The summed E-state index contributed by atoms with van der Waals surface area (Å²) in [5.41, 5.74) is 5.51. The molecule has 0 aromatic rings. The van der Waals surface area contributed by atoms with Crippen LogP contribution in [-0.4, -0.2) is 27.5 Å². The van der Waals surface area contributed by atoms with Crippen molar-refractivity contribution in [3.63, 3.8) is 0 Å². The van der Waals surface area contributed by atoms with E-state index < -0.39 is 11.2 Å². The fourth-order valence-corrected chi connectivity index (χ4v) is 2.32. The summed E-state index contributed by atoms with van der Waals surface area (Å²) in [4.78, 5) is 15.0. The number of aliphatic carboxylic acids is 1. The van der Waals surface area contributed by atoms with E-state index in [2.05, 4.69) is 18.8 Å². The van der Waals surface area contributed by atoms with Crippen LogP contribution in [0.15, 0.2) is 4.99 Å². The van der Waals surface area contributed by atoms with Gasteiger partial charge in [-0.25, -0.2) is 0 Å². The van der Waals surface area contributed by atoms with Gasteiger partial charge in [0, 0.05) is 0 Å². The highest BCUT2D eigenvalue weighted by Crippen LogP contribution is 2.28. The molecule has 0 bridgehead atoms. The molecule has 0 radical (unpaired) electrons. The third kappa shape index (κ3) is 2.90. The Bertz CT molecular complexity index is 253. The largest absolute Gasteiger partial charge is 0.480 e. The van der Waals surface area contributed by atoms with Crippen molar-refractivity contribution < 1.29 is 9.90 Å². The lowest BCUT2D eigenvalue weighted by molar-refractivity contribution is -0.136. The first kappa shape index (κ1) is 11.4. The predicted octanol–water partition coefficient (Wildman–Crippen LogP) is 1.31. The quantitative estimate of drug-likeness (QED) is 0.742. The number of nitrogens with zero attached hydrogens (tertiary/aromatic N) is 1. The summed E-state index contributed by atoms with van der Waals surface area (Å²) < 4.78 is 0. The maximum Gasteiger partial charge on any atom is 0.319 e. The van der Waals surface area contributed by atoms with Crippen LogP contribution in [0.5, 0.6) is 0 Å². The lowest BCUT2D eigenvalue weighted by Gasteiger charge is -2.13. The molecular formula is C9H16N2O2S. The summed E-state index contributed by atoms with van der Waals surface area (Å²) in [7, 11) is 0. The van der Waals surface area contributed by atoms with E-state index in [-0.39, 0.29) is 6.04 Å². The topological polar surface area (TPSA) is 75.7 Å². The number of amidine groups is 1. The Balaban J connectivity index is 2.52. The zero-order valence-corrected chi connectivity index (χ0v) is 9.25. The molecule has 0 spiro atoms. The molecule has 1 aliphatic heterocycles. The van der Waals surface area contributed by atoms with E-state index in [1.807, 2.05) is 0 Å². The molecule has 3 N–H and O–H groups in total. The van der Waals surface area contributed by atoms with Crippen molar-refractivity contribution in [2.24, 2.45) is 16.6 Å². The van der Waals surface area contributed by atoms with Gasteiger partial charge in [0.15, 0.2) is 5.17 Å². The fourth-order valence-electron chi connectivity index (χ4n) is 1.41. The summed E-state index contributed by atoms with van der Waals surface area (Å²) >= 11 is 1.16. The predicted molar refractivity (Wildman–Crippen MR) is 58.5 cm³/mol. The highest BCUT2D eigenvalue weighted by Gasteiger charge is 2.34. The maximum atomic E-state index is 10.9. The molecule has 0 amide bonds. The number of thioether (sulfide) groups is 1. The second-order valence-corrected chi connectivity index (χ2v) is 5.04. The molecule has 1 rings (SSSR count). The average molecular weight is 216 g/mol. The van der Waals surface area contributed by atoms with Crippen LogP contribution in [0.2, 0.25) is 0 Å². The molecule has 0 aromatic heterocycles. The zero-order chi connectivity index (χ0) is 10.7. The van der Waals surface area contributed by atoms with Crippen LogP contribution in [0.4, 0.5) is 0 Å². The second-order valence-electron chi connectivity index (χ2n) is 3.88. The molecule has 0 aromatic carbocycles. The number of aliphatic imine (C=N–C) groups is 1. The van der Waals surface area contributed by atoms with Crippen LogP contribution in [0, 0.1) is 5.92 Å². The van der Waals surface area contributed by atoms with Gasteiger partial charge in [-0.2, -0.15) is 0 Å². The van der Waals surface area contributed by atoms with Gasteiger partial charge >= 0.3 is 5.97 Å². The van der Waals surface area contributed by atoms with Gasteiger partial charge in [-0.3, -0.25) is 9.79 Å². The van der Waals surface area contributed by atoms with Gasteiger partial charge in [0.05, 0.1) is 6.04 Å². The Labute approximate surface area is 88.0 Å². The molecule has 0 saturated carbocycles. The molecule has 2 atom stereocenters. The van der Waals surface area contributed by atoms with Gasteiger partial charge in [0.1, 0.15) is 5.25 Å². The molecule has 1 heterocycles. The normalized spacial score (nSPS) is 26.6. The molecule has 0 fully saturated rings. The Hall–Kier alpha value is -0.710. The Kier molecular flexibility index (Phi) is 3.80. The summed E-state index contributed by atoms with van der Waals surface area (Å²) in [5, 5.41) is 8.85. The molecule has 14 heavy (non-hydrogen) atoms. The Morgan fingerprint density at radius 1 is 1.71 bits per heavy atom. The van der Waals surface area contributed by atoms with E-state index in [1.165, 1.54) is 0 Å². The van der Waals surface area contributed by atoms with Crippen LogP contribution in [0.3, 0.4) is 0 Å². The summed E-state index contributed by atoms with van der Waals surface area (Å²) in [5.74, 6) is -0.237. The number of nitrogens with two attached hydrogens (primary N) is 1. The van der Waals surface area contributed by atoms with E-state index in [1.54, 1.807) is 0 Å². The molecule has 80 valence electrons. The van der Waals surface area contributed by atoms with Crippen LogP contribution in [0.25, 0.3) is 0 Å². The van der Waals surface area contributed by atoms with Gasteiger partial charge in [-0.15, -0.1) is 0 Å². The van der Waals surface area contributed by atoms with E-state index in [0.717, 1.165) is 24.6 Å². The Morgan fingerprint density at radius 3 is 2.86 bits per heavy atom. The van der Waals surface area contributed by atoms with Gasteiger partial charge in [-0.1, -0.05) is 25.6 Å². The number of carbonyl (C=O) groups is 1. The zero-order valence-electron chi connectivity index (χ0n) is 8.43. The summed E-state index contributed by atoms with van der Waals surface area (Å²) in [6.07, 6.45) is 1.80. The smallest absolute Gasteiger partial charge is 0.319 e. The van der Waals surface area contributed by atoms with Gasteiger partial charge in [0.25, 0.3) is 0 Å². The van der Waals surface area contributed by atoms with Crippen molar-refractivity contribution >= 4 is 22.9 Å². The van der Waals surface area contributed by atoms with Gasteiger partial charge < -0.3 is 10.8 Å². The standard InChI is InChI=1S/C9H16N2O2S/c1-5(2)3-4-6-7(8(12)13)14-9(10)11-6/h5-7H,3-4H2,1-2H3,(H2,10,11)(H,12,13). The van der Waals surface area contributed by atoms with Crippen LogP contribution in [0.1, 0.15) is 26.7 Å². The number of hydrogen-bond acceptors (Lipinski definition) is 4. The SMILES string of the molecule is CC(C)CCC1N=C(N)SC1C(=O)O. The van der Waals surface area contributed by atoms with Crippen molar-refractivity contribution in [2.75, 3.05) is 0 Å². The third-order valence-corrected chi connectivity index (χ3v) is 3.29. The molecule has 1 aliphatic rings. The number of carboxylic acid groups (broad SMARTS) is 1. The summed E-state index contributed by atoms with van der Waals surface area (Å²) in [6.45, 7) is 4.23. The minimum Gasteiger partial charge on any atom is -0.480 e. The lowest BCUT2D eigenvalue weighted by atomic mass is 10.0. The molecule has 0 saturated heterocycles. The highest BCUT2D eigenvalue weighted by molar-refractivity contribution is 8.15. The first-order valence-corrected chi connectivity index (χ1v) is 5.61. The first-order valence-electron chi connectivity index (χ1n) is 4.73. The number of carboxylic acids is 1. The molecular weight excluding hydrogens is 200 g/mol. The average Bonchev–Trinajstić information content (AvgIpc) is 2.43. The van der Waals surface area contributed by atoms with Crippen molar-refractivity contribution in [2.45, 2.75) is 38.0 Å². The number of rotatable bonds is 4. The molecule has 2 unspecified atom stereocenters. The molecule has 4 nitrogen and oxygen atoms in total. The first-order chi connectivity index (χ1) is 6.50. The van der Waals surface area contributed by atoms with Crippen molar-refractivity contribution in [1.82, 2.24) is 0 Å². The molecule has 0 aliphatic carbocycles. The minimum atomic E-state index is -0.812. The monoisotopic (exact) mass is 216 g/mol. The summed E-state index contributed by atoms with van der Waals surface area (Å²) in [6, 6.07) is -0.139. The van der Waals surface area contributed by atoms with E-state index in [9.17, 15) is 4.79 Å². The van der Waals surface area contributed by atoms with E-state index in [0.29, 0.717) is 11.1 Å². The third-order valence-electron chi connectivity index (χ3n) is 2.17. The number of hydrogen-bond donors (Lipinski definition) is 2. The van der Waals surface area contributed by atoms with Crippen molar-refractivity contribution in [3.8, 4) is 0 Å². The maximum absolute atomic E-state index is 10.9. The Morgan fingerprint density at radius 2 is 2.36 bits per heavy atom. The van der Waals surface area contributed by atoms with Gasteiger partial charge in [-0.05, 0) is 18.8 Å². The van der Waals surface area contributed by atoms with E-state index >= 15 is 0 Å². The fraction of sp³-hybridized carbons (Fsp3) is 0.778. The van der Waals surface area contributed by atoms with Crippen LogP contribution >= 0.6 is 11.8 Å². The van der Waals surface area contributed by atoms with Crippen LogP contribution in [-0.2, 0) is 4.79 Å². The second kappa shape index (κ2) is 4.68. The van der Waals surface area contributed by atoms with Crippen molar-refractivity contribution in [3.05, 3.63) is 0 Å². The van der Waals surface area contributed by atoms with Crippen LogP contribution < -0.4 is 5.73 Å². The lowest BCUT2D eigenvalue weighted by Crippen LogP contribution is -2.27. The van der Waals surface area contributed by atoms with E-state index in [4.69, 9.17) is 10.8 Å². The highest BCUT2D eigenvalue weighted by atomic mass is 32.2. The van der Waals surface area contributed by atoms with Crippen molar-refractivity contribution in [1.29, 1.82) is 0 Å².